The van der Waals surface area contributed by atoms with Gasteiger partial charge < -0.3 is 14.4 Å². The minimum absolute atomic E-state index is 0.181. The van der Waals surface area contributed by atoms with E-state index in [-0.39, 0.29) is 37.1 Å². The summed E-state index contributed by atoms with van der Waals surface area (Å²) in [5, 5.41) is 0. The molecule has 1 aromatic carbocycles. The van der Waals surface area contributed by atoms with E-state index in [0.29, 0.717) is 13.1 Å². The van der Waals surface area contributed by atoms with Gasteiger partial charge in [-0.2, -0.15) is 4.31 Å². The van der Waals surface area contributed by atoms with Gasteiger partial charge in [0.1, 0.15) is 5.82 Å². The molecule has 0 bridgehead atoms. The summed E-state index contributed by atoms with van der Waals surface area (Å²) in [6.45, 7) is 3.52. The molecular weight excluding hydrogens is 391 g/mol. The number of carbonyl (C=O) groups excluding carboxylic acids is 2. The Balaban J connectivity index is 1.77. The number of rotatable bonds is 5. The molecule has 2 heterocycles. The lowest BCUT2D eigenvalue weighted by Gasteiger charge is -2.26. The molecule has 28 heavy (non-hydrogen) atoms. The topological polar surface area (TPSA) is 93.2 Å². The second-order valence-corrected chi connectivity index (χ2v) is 8.68. The summed E-state index contributed by atoms with van der Waals surface area (Å²) >= 11 is 0. The molecule has 2 saturated heterocycles. The highest BCUT2D eigenvalue weighted by Crippen LogP contribution is 2.21. The van der Waals surface area contributed by atoms with Gasteiger partial charge in [0.25, 0.3) is 5.91 Å². The van der Waals surface area contributed by atoms with Gasteiger partial charge in [-0.25, -0.2) is 17.6 Å². The number of amides is 1. The molecule has 8 nitrogen and oxygen atoms in total. The highest BCUT2D eigenvalue weighted by molar-refractivity contribution is 7.89. The first-order valence-electron chi connectivity index (χ1n) is 9.18. The molecule has 0 aromatic heterocycles. The first-order chi connectivity index (χ1) is 13.3. The Morgan fingerprint density at radius 1 is 1.14 bits per heavy atom. The molecule has 0 aliphatic carbocycles. The summed E-state index contributed by atoms with van der Waals surface area (Å²) in [4.78, 5) is 26.0. The molecule has 10 heteroatoms. The first kappa shape index (κ1) is 20.7. The standard InChI is InChI=1S/C18H23FN2O6S/c1-13(17(22)20-6-2-3-7-20)27-18(23)15-12-14(4-5-16(15)19)28(24,25)21-8-10-26-11-9-21/h4-5,12-13H,2-3,6-11H2,1H3/t13-/m0/s1. The van der Waals surface area contributed by atoms with Gasteiger partial charge in [-0.1, -0.05) is 0 Å². The molecule has 0 saturated carbocycles. The zero-order chi connectivity index (χ0) is 20.3. The molecule has 2 fully saturated rings. The number of carbonyl (C=O) groups is 2. The molecule has 154 valence electrons. The normalized spacial score (nSPS) is 19.4. The largest absolute Gasteiger partial charge is 0.449 e. The fraction of sp³-hybridized carbons (Fsp3) is 0.556. The summed E-state index contributed by atoms with van der Waals surface area (Å²) in [7, 11) is -3.89. The van der Waals surface area contributed by atoms with Crippen LogP contribution in [0.4, 0.5) is 4.39 Å². The van der Waals surface area contributed by atoms with Crippen molar-refractivity contribution in [2.75, 3.05) is 39.4 Å². The zero-order valence-electron chi connectivity index (χ0n) is 15.6. The van der Waals surface area contributed by atoms with Gasteiger partial charge >= 0.3 is 5.97 Å². The smallest absolute Gasteiger partial charge is 0.341 e. The summed E-state index contributed by atoms with van der Waals surface area (Å²) in [6, 6.07) is 2.97. The zero-order valence-corrected chi connectivity index (χ0v) is 16.4. The van der Waals surface area contributed by atoms with Gasteiger partial charge in [-0.15, -0.1) is 0 Å². The number of hydrogen-bond acceptors (Lipinski definition) is 6. The van der Waals surface area contributed by atoms with E-state index in [9.17, 15) is 22.4 Å². The lowest BCUT2D eigenvalue weighted by Crippen LogP contribution is -2.40. The van der Waals surface area contributed by atoms with E-state index in [2.05, 4.69) is 0 Å². The third-order valence-corrected chi connectivity index (χ3v) is 6.71. The maximum Gasteiger partial charge on any atom is 0.341 e. The Morgan fingerprint density at radius 3 is 2.43 bits per heavy atom. The third-order valence-electron chi connectivity index (χ3n) is 4.81. The Kier molecular flexibility index (Phi) is 6.31. The Bertz CT molecular complexity index is 848. The van der Waals surface area contributed by atoms with Crippen molar-refractivity contribution in [3.05, 3.63) is 29.6 Å². The predicted octanol–water partition coefficient (Wildman–Crippen LogP) is 1.01. The number of benzene rings is 1. The number of esters is 1. The van der Waals surface area contributed by atoms with Crippen LogP contribution in [-0.4, -0.2) is 75.0 Å². The molecule has 2 aliphatic heterocycles. The summed E-state index contributed by atoms with van der Waals surface area (Å²) in [6.07, 6.45) is 0.704. The highest BCUT2D eigenvalue weighted by atomic mass is 32.2. The minimum Gasteiger partial charge on any atom is -0.449 e. The number of halogens is 1. The van der Waals surface area contributed by atoms with Crippen molar-refractivity contribution >= 4 is 21.9 Å². The van der Waals surface area contributed by atoms with Gasteiger partial charge in [0.15, 0.2) is 6.10 Å². The summed E-state index contributed by atoms with van der Waals surface area (Å²) < 4.78 is 51.1. The average Bonchev–Trinajstić information content (AvgIpc) is 3.22. The summed E-state index contributed by atoms with van der Waals surface area (Å²) in [5.41, 5.74) is -0.518. The van der Waals surface area contributed by atoms with Crippen LogP contribution in [0.2, 0.25) is 0 Å². The Morgan fingerprint density at radius 2 is 1.79 bits per heavy atom. The van der Waals surface area contributed by atoms with Gasteiger partial charge in [-0.3, -0.25) is 4.79 Å². The number of morpholine rings is 1. The van der Waals surface area contributed by atoms with E-state index < -0.39 is 33.5 Å². The van der Waals surface area contributed by atoms with Crippen molar-refractivity contribution in [2.24, 2.45) is 0 Å². The van der Waals surface area contributed by atoms with Crippen molar-refractivity contribution in [3.8, 4) is 0 Å². The van der Waals surface area contributed by atoms with Crippen LogP contribution in [0.25, 0.3) is 0 Å². The van der Waals surface area contributed by atoms with Crippen molar-refractivity contribution < 1.29 is 31.9 Å². The second kappa shape index (κ2) is 8.54. The van der Waals surface area contributed by atoms with Crippen LogP contribution in [0.1, 0.15) is 30.1 Å². The van der Waals surface area contributed by atoms with Gasteiger partial charge in [0.2, 0.25) is 10.0 Å². The van der Waals surface area contributed by atoms with Crippen molar-refractivity contribution in [1.82, 2.24) is 9.21 Å². The van der Waals surface area contributed by atoms with Crippen molar-refractivity contribution in [2.45, 2.75) is 30.8 Å². The van der Waals surface area contributed by atoms with Crippen LogP contribution in [0, 0.1) is 5.82 Å². The van der Waals surface area contributed by atoms with Gasteiger partial charge in [-0.05, 0) is 38.0 Å². The maximum absolute atomic E-state index is 14.2. The first-order valence-corrected chi connectivity index (χ1v) is 10.6. The van der Waals surface area contributed by atoms with E-state index in [4.69, 9.17) is 9.47 Å². The van der Waals surface area contributed by atoms with Crippen LogP contribution in [0.5, 0.6) is 0 Å². The van der Waals surface area contributed by atoms with E-state index in [1.165, 1.54) is 11.2 Å². The molecule has 0 spiro atoms. The predicted molar refractivity (Wildman–Crippen MR) is 96.7 cm³/mol. The third kappa shape index (κ3) is 4.34. The molecule has 1 atom stereocenters. The van der Waals surface area contributed by atoms with Crippen LogP contribution in [0.15, 0.2) is 23.1 Å². The van der Waals surface area contributed by atoms with E-state index in [1.807, 2.05) is 0 Å². The number of likely N-dealkylation sites (tertiary alicyclic amines) is 1. The van der Waals surface area contributed by atoms with Crippen LogP contribution < -0.4 is 0 Å². The van der Waals surface area contributed by atoms with Crippen LogP contribution >= 0.6 is 0 Å². The van der Waals surface area contributed by atoms with Crippen LogP contribution in [0.3, 0.4) is 0 Å². The lowest BCUT2D eigenvalue weighted by molar-refractivity contribution is -0.138. The maximum atomic E-state index is 14.2. The van der Waals surface area contributed by atoms with Crippen LogP contribution in [-0.2, 0) is 24.3 Å². The quantitative estimate of drug-likeness (QED) is 0.668. The molecule has 1 amide bonds. The summed E-state index contributed by atoms with van der Waals surface area (Å²) in [5.74, 6) is -2.33. The Labute approximate surface area is 163 Å². The minimum atomic E-state index is -3.89. The van der Waals surface area contributed by atoms with Crippen molar-refractivity contribution in [1.29, 1.82) is 0 Å². The number of nitrogens with zero attached hydrogens (tertiary/aromatic N) is 2. The molecule has 3 rings (SSSR count). The molecule has 0 N–H and O–H groups in total. The van der Waals surface area contributed by atoms with Crippen molar-refractivity contribution in [3.63, 3.8) is 0 Å². The van der Waals surface area contributed by atoms with E-state index in [0.717, 1.165) is 31.0 Å². The molecule has 0 radical (unpaired) electrons. The molecular formula is C18H23FN2O6S. The van der Waals surface area contributed by atoms with Gasteiger partial charge in [0, 0.05) is 26.2 Å². The monoisotopic (exact) mass is 414 g/mol. The lowest BCUT2D eigenvalue weighted by atomic mass is 10.2. The Hall–Kier alpha value is -2.04. The molecule has 1 aromatic rings. The van der Waals surface area contributed by atoms with Gasteiger partial charge in [0.05, 0.1) is 23.7 Å². The van der Waals surface area contributed by atoms with E-state index >= 15 is 0 Å². The fourth-order valence-corrected chi connectivity index (χ4v) is 4.66. The molecule has 2 aliphatic rings. The second-order valence-electron chi connectivity index (χ2n) is 6.74. The molecule has 0 unspecified atom stereocenters. The average molecular weight is 414 g/mol. The fourth-order valence-electron chi connectivity index (χ4n) is 3.23. The SMILES string of the molecule is C[C@H](OC(=O)c1cc(S(=O)(=O)N2CCOCC2)ccc1F)C(=O)N1CCCC1. The van der Waals surface area contributed by atoms with E-state index in [1.54, 1.807) is 4.90 Å². The number of sulfonamides is 1. The number of hydrogen-bond donors (Lipinski definition) is 0. The highest BCUT2D eigenvalue weighted by Gasteiger charge is 2.30. The number of ether oxygens (including phenoxy) is 2.